The normalized spacial score (nSPS) is 10.9. The molecule has 250 valence electrons. The minimum absolute atomic E-state index is 0. The Balaban J connectivity index is 0.000000170. The molecule has 4 aromatic carbocycles. The van der Waals surface area contributed by atoms with Crippen molar-refractivity contribution >= 4 is 35.3 Å². The number of aliphatic hydroxyl groups excluding tert-OH is 2. The van der Waals surface area contributed by atoms with E-state index in [1.54, 1.807) is 6.20 Å². The van der Waals surface area contributed by atoms with E-state index in [0.29, 0.717) is 21.9 Å². The topological polar surface area (TPSA) is 75.1 Å². The van der Waals surface area contributed by atoms with Crippen LogP contribution in [0.15, 0.2) is 140 Å². The fraction of sp³-hybridized carbons (Fsp3) is 0.0500. The first-order valence-electron chi connectivity index (χ1n) is 15.5. The van der Waals surface area contributed by atoms with Crippen LogP contribution < -0.4 is 0 Å². The summed E-state index contributed by atoms with van der Waals surface area (Å²) >= 11 is 6.27. The predicted octanol–water partition coefficient (Wildman–Crippen LogP) is 9.67. The molecular weight excluding hydrogens is 677 g/mol. The molecule has 0 amide bonds. The van der Waals surface area contributed by atoms with Gasteiger partial charge in [0, 0.05) is 35.9 Å². The lowest BCUT2D eigenvalue weighted by atomic mass is 10.1. The lowest BCUT2D eigenvalue weighted by molar-refractivity contribution is 0.281. The van der Waals surface area contributed by atoms with Gasteiger partial charge in [-0.3, -0.25) is 0 Å². The van der Waals surface area contributed by atoms with E-state index in [1.807, 2.05) is 124 Å². The average molecular weight is 708 g/mol. The van der Waals surface area contributed by atoms with E-state index in [-0.39, 0.29) is 25.6 Å². The number of aromatic nitrogens is 4. The van der Waals surface area contributed by atoms with Crippen molar-refractivity contribution in [3.63, 3.8) is 0 Å². The third kappa shape index (κ3) is 7.29. The Hall–Kier alpha value is -5.38. The first-order chi connectivity index (χ1) is 23.9. The SMILES string of the molecule is Cl.OCc1cccc(-c2ccc3nc(-c4ccc(F)c(F)c4)cn3c2)c1.OCc1cccc(-c2ccc3nc(-c4ccccc4Cl)cn3c2)c1. The molecule has 0 fully saturated rings. The van der Waals surface area contributed by atoms with Crippen molar-refractivity contribution in [3.8, 4) is 44.8 Å². The monoisotopic (exact) mass is 706 g/mol. The molecule has 2 N–H and O–H groups in total. The van der Waals surface area contributed by atoms with E-state index >= 15 is 0 Å². The maximum absolute atomic E-state index is 13.4. The number of imidazole rings is 2. The molecule has 10 heteroatoms. The molecule has 0 aliphatic heterocycles. The Morgan fingerprint density at radius 1 is 0.520 bits per heavy atom. The van der Waals surface area contributed by atoms with E-state index in [1.165, 1.54) is 6.07 Å². The summed E-state index contributed by atoms with van der Waals surface area (Å²) in [6, 6.07) is 34.8. The number of nitrogens with zero attached hydrogens (tertiary/aromatic N) is 4. The van der Waals surface area contributed by atoms with Crippen LogP contribution in [0.3, 0.4) is 0 Å². The first kappa shape index (κ1) is 34.5. The van der Waals surface area contributed by atoms with Gasteiger partial charge < -0.3 is 19.0 Å². The molecule has 6 nitrogen and oxygen atoms in total. The van der Waals surface area contributed by atoms with Crippen LogP contribution in [0.4, 0.5) is 8.78 Å². The van der Waals surface area contributed by atoms with Crippen LogP contribution in [0.1, 0.15) is 11.1 Å². The van der Waals surface area contributed by atoms with Crippen LogP contribution >= 0.6 is 24.0 Å². The highest BCUT2D eigenvalue weighted by Crippen LogP contribution is 2.29. The van der Waals surface area contributed by atoms with E-state index in [0.717, 1.165) is 62.4 Å². The number of halogens is 4. The van der Waals surface area contributed by atoms with Crippen LogP contribution in [0, 0.1) is 11.6 Å². The summed E-state index contributed by atoms with van der Waals surface area (Å²) in [5.41, 5.74) is 10.3. The van der Waals surface area contributed by atoms with Gasteiger partial charge in [0.15, 0.2) is 11.6 Å². The Kier molecular flexibility index (Phi) is 10.4. The fourth-order valence-corrected chi connectivity index (χ4v) is 5.85. The van der Waals surface area contributed by atoms with Gasteiger partial charge in [-0.05, 0) is 94.0 Å². The fourth-order valence-electron chi connectivity index (χ4n) is 5.62. The average Bonchev–Trinajstić information content (AvgIpc) is 3.77. The minimum atomic E-state index is -0.893. The summed E-state index contributed by atoms with van der Waals surface area (Å²) in [5.74, 6) is -1.77. The maximum atomic E-state index is 13.4. The second kappa shape index (κ2) is 15.0. The summed E-state index contributed by atoms with van der Waals surface area (Å²) < 4.78 is 30.4. The van der Waals surface area contributed by atoms with Crippen LogP contribution in [0.2, 0.25) is 5.02 Å². The summed E-state index contributed by atoms with van der Waals surface area (Å²) in [6.07, 6.45) is 7.72. The first-order valence-corrected chi connectivity index (χ1v) is 15.8. The van der Waals surface area contributed by atoms with Gasteiger partial charge in [0.2, 0.25) is 0 Å². The molecule has 0 aliphatic carbocycles. The Morgan fingerprint density at radius 3 is 1.62 bits per heavy atom. The van der Waals surface area contributed by atoms with Gasteiger partial charge in [-0.2, -0.15) is 0 Å². The molecule has 0 saturated carbocycles. The Labute approximate surface area is 298 Å². The Bertz CT molecular complexity index is 2440. The molecule has 0 atom stereocenters. The quantitative estimate of drug-likeness (QED) is 0.181. The molecular formula is C40H30Cl2F2N4O2. The molecule has 4 aromatic heterocycles. The number of rotatable bonds is 6. The lowest BCUT2D eigenvalue weighted by Crippen LogP contribution is -1.87. The van der Waals surface area contributed by atoms with E-state index in [9.17, 15) is 19.0 Å². The van der Waals surface area contributed by atoms with Gasteiger partial charge in [-0.1, -0.05) is 66.2 Å². The van der Waals surface area contributed by atoms with Crippen molar-refractivity contribution in [2.24, 2.45) is 0 Å². The van der Waals surface area contributed by atoms with Crippen LogP contribution in [-0.2, 0) is 13.2 Å². The number of pyridine rings is 2. The second-order valence-corrected chi connectivity index (χ2v) is 11.9. The molecule has 8 aromatic rings. The minimum Gasteiger partial charge on any atom is -0.392 e. The summed E-state index contributed by atoms with van der Waals surface area (Å²) in [5, 5.41) is 19.3. The molecule has 0 aliphatic rings. The largest absolute Gasteiger partial charge is 0.392 e. The molecule has 0 bridgehead atoms. The number of aliphatic hydroxyl groups is 2. The third-order valence-corrected chi connectivity index (χ3v) is 8.48. The number of fused-ring (bicyclic) bond motifs is 2. The van der Waals surface area contributed by atoms with Crippen molar-refractivity contribution in [1.82, 2.24) is 18.8 Å². The molecule has 50 heavy (non-hydrogen) atoms. The molecule has 0 saturated heterocycles. The van der Waals surface area contributed by atoms with Gasteiger partial charge in [-0.25, -0.2) is 18.7 Å². The van der Waals surface area contributed by atoms with Crippen LogP contribution in [0.5, 0.6) is 0 Å². The van der Waals surface area contributed by atoms with Gasteiger partial charge in [0.05, 0.1) is 29.6 Å². The smallest absolute Gasteiger partial charge is 0.159 e. The van der Waals surface area contributed by atoms with Gasteiger partial charge >= 0.3 is 0 Å². The van der Waals surface area contributed by atoms with Gasteiger partial charge in [0.1, 0.15) is 11.3 Å². The Morgan fingerprint density at radius 2 is 1.06 bits per heavy atom. The zero-order valence-electron chi connectivity index (χ0n) is 26.4. The van der Waals surface area contributed by atoms with Crippen molar-refractivity contribution < 1.29 is 19.0 Å². The highest BCUT2D eigenvalue weighted by Gasteiger charge is 2.11. The van der Waals surface area contributed by atoms with Gasteiger partial charge in [0.25, 0.3) is 0 Å². The number of hydrogen-bond acceptors (Lipinski definition) is 4. The highest BCUT2D eigenvalue weighted by molar-refractivity contribution is 6.33. The zero-order valence-corrected chi connectivity index (χ0v) is 28.0. The molecule has 8 rings (SSSR count). The van der Waals surface area contributed by atoms with E-state index in [4.69, 9.17) is 11.6 Å². The molecule has 4 heterocycles. The van der Waals surface area contributed by atoms with Crippen molar-refractivity contribution in [2.45, 2.75) is 13.2 Å². The van der Waals surface area contributed by atoms with E-state index < -0.39 is 11.6 Å². The number of hydrogen-bond donors (Lipinski definition) is 2. The van der Waals surface area contributed by atoms with Crippen molar-refractivity contribution in [1.29, 1.82) is 0 Å². The summed E-state index contributed by atoms with van der Waals surface area (Å²) in [7, 11) is 0. The highest BCUT2D eigenvalue weighted by atomic mass is 35.5. The zero-order chi connectivity index (χ0) is 33.9. The van der Waals surface area contributed by atoms with Crippen molar-refractivity contribution in [3.05, 3.63) is 168 Å². The standard InChI is InChI=1S/C20H15ClN2O.C20H14F2N2O.ClH/c21-18-7-2-1-6-17(18)19-12-23-11-16(8-9-20(23)22-19)15-5-3-4-14(10-15)13-24;21-17-6-4-15(9-18(17)22)19-11-24-10-16(5-7-20(24)23-19)14-3-1-2-13(8-14)12-25;/h1-12,24H,13H2;1-11,25H,12H2;1H. The summed E-state index contributed by atoms with van der Waals surface area (Å²) in [4.78, 5) is 9.11. The van der Waals surface area contributed by atoms with Crippen LogP contribution in [-0.4, -0.2) is 29.0 Å². The maximum Gasteiger partial charge on any atom is 0.159 e. The van der Waals surface area contributed by atoms with Gasteiger partial charge in [-0.15, -0.1) is 12.4 Å². The summed E-state index contributed by atoms with van der Waals surface area (Å²) in [6.45, 7) is 0.0270. The third-order valence-electron chi connectivity index (χ3n) is 8.15. The second-order valence-electron chi connectivity index (χ2n) is 11.4. The van der Waals surface area contributed by atoms with Crippen molar-refractivity contribution in [2.75, 3.05) is 0 Å². The molecule has 0 radical (unpaired) electrons. The van der Waals surface area contributed by atoms with E-state index in [2.05, 4.69) is 9.97 Å². The van der Waals surface area contributed by atoms with Crippen LogP contribution in [0.25, 0.3) is 56.1 Å². The molecule has 0 unspecified atom stereocenters. The predicted molar refractivity (Wildman–Crippen MR) is 196 cm³/mol. The molecule has 0 spiro atoms. The lowest BCUT2D eigenvalue weighted by Gasteiger charge is -2.04. The number of benzene rings is 4.